The van der Waals surface area contributed by atoms with Crippen LogP contribution in [0.2, 0.25) is 0 Å². The van der Waals surface area contributed by atoms with Crippen molar-refractivity contribution >= 4 is 18.0 Å². The van der Waals surface area contributed by atoms with Crippen LogP contribution in [0.1, 0.15) is 24.0 Å². The van der Waals surface area contributed by atoms with Crippen molar-refractivity contribution in [2.45, 2.75) is 12.8 Å². The summed E-state index contributed by atoms with van der Waals surface area (Å²) in [4.78, 5) is 24.6. The van der Waals surface area contributed by atoms with Gasteiger partial charge in [0.15, 0.2) is 11.5 Å². The maximum atomic E-state index is 12.5. The fraction of sp³-hybridized carbons (Fsp3) is 0.250. The molecule has 0 bridgehead atoms. The minimum absolute atomic E-state index is 0.0573. The molecule has 140 valence electrons. The van der Waals surface area contributed by atoms with Gasteiger partial charge in [0, 0.05) is 18.0 Å². The fourth-order valence-electron chi connectivity index (χ4n) is 3.08. The lowest BCUT2D eigenvalue weighted by molar-refractivity contribution is -0.133. The van der Waals surface area contributed by atoms with Crippen LogP contribution in [-0.2, 0) is 9.59 Å². The summed E-state index contributed by atoms with van der Waals surface area (Å²) < 4.78 is 5.31. The van der Waals surface area contributed by atoms with E-state index in [2.05, 4.69) is 15.8 Å². The van der Waals surface area contributed by atoms with Crippen LogP contribution in [0.25, 0.3) is 0 Å². The first-order valence-electron chi connectivity index (χ1n) is 8.72. The lowest BCUT2D eigenvalue weighted by Crippen LogP contribution is -2.34. The number of rotatable bonds is 6. The summed E-state index contributed by atoms with van der Waals surface area (Å²) in [6.45, 7) is 2.64. The quantitative estimate of drug-likeness (QED) is 0.412. The molecule has 0 aliphatic carbocycles. The Balaban J connectivity index is 1.70. The van der Waals surface area contributed by atoms with E-state index in [1.54, 1.807) is 18.2 Å². The van der Waals surface area contributed by atoms with Gasteiger partial charge in [-0.1, -0.05) is 36.4 Å². The van der Waals surface area contributed by atoms with E-state index in [-0.39, 0.29) is 17.6 Å². The molecule has 0 spiro atoms. The lowest BCUT2D eigenvalue weighted by atomic mass is 9.88. The number of carbonyl (C=O) groups is 2. The van der Waals surface area contributed by atoms with Crippen LogP contribution in [0, 0.1) is 5.92 Å². The monoisotopic (exact) mass is 367 g/mol. The van der Waals surface area contributed by atoms with Gasteiger partial charge in [-0.05, 0) is 24.6 Å². The lowest BCUT2D eigenvalue weighted by Gasteiger charge is -2.15. The normalized spacial score (nSPS) is 19.1. The molecule has 3 rings (SSSR count). The van der Waals surface area contributed by atoms with E-state index in [1.807, 2.05) is 37.3 Å². The Kier molecular flexibility index (Phi) is 5.71. The highest BCUT2D eigenvalue weighted by atomic mass is 16.5. The molecule has 1 aliphatic rings. The number of aromatic hydroxyl groups is 1. The Morgan fingerprint density at radius 3 is 2.81 bits per heavy atom. The molecule has 2 unspecified atom stereocenters. The molecule has 2 aromatic rings. The van der Waals surface area contributed by atoms with Crippen molar-refractivity contribution in [3.05, 3.63) is 59.7 Å². The van der Waals surface area contributed by atoms with E-state index >= 15 is 0 Å². The molecule has 2 aromatic carbocycles. The van der Waals surface area contributed by atoms with Gasteiger partial charge in [-0.2, -0.15) is 5.10 Å². The summed E-state index contributed by atoms with van der Waals surface area (Å²) >= 11 is 0. The molecule has 7 nitrogen and oxygen atoms in total. The molecule has 2 amide bonds. The molecule has 1 fully saturated rings. The van der Waals surface area contributed by atoms with E-state index in [4.69, 9.17) is 4.74 Å². The number of nitrogens with one attached hydrogen (secondary N) is 2. The number of phenols is 1. The number of ether oxygens (including phenoxy) is 1. The van der Waals surface area contributed by atoms with Crippen molar-refractivity contribution in [3.63, 3.8) is 0 Å². The molecule has 1 aliphatic heterocycles. The first-order valence-corrected chi connectivity index (χ1v) is 8.72. The molecule has 0 saturated carbocycles. The van der Waals surface area contributed by atoms with Gasteiger partial charge >= 0.3 is 0 Å². The van der Waals surface area contributed by atoms with Gasteiger partial charge in [-0.3, -0.25) is 9.59 Å². The number of para-hydroxylation sites is 1. The molecule has 27 heavy (non-hydrogen) atoms. The topological polar surface area (TPSA) is 100 Å². The number of hydrazone groups is 1. The van der Waals surface area contributed by atoms with E-state index in [0.717, 1.165) is 5.56 Å². The number of nitrogens with zero attached hydrogens (tertiary/aromatic N) is 1. The van der Waals surface area contributed by atoms with Crippen molar-refractivity contribution in [1.82, 2.24) is 10.7 Å². The van der Waals surface area contributed by atoms with Crippen LogP contribution < -0.4 is 15.5 Å². The number of hydrogen-bond acceptors (Lipinski definition) is 5. The fourth-order valence-corrected chi connectivity index (χ4v) is 3.08. The van der Waals surface area contributed by atoms with Gasteiger partial charge in [0.2, 0.25) is 5.91 Å². The number of benzene rings is 2. The standard InChI is InChI=1S/C20H21N3O4/c1-2-27-16-10-6-9-14(18(16)24)11-22-23-20(26)17-15(12-21-19(17)25)13-7-4-3-5-8-13/h3-11,15,17,24H,2,12H2,1H3,(H,21,25)(H,23,26). The zero-order valence-corrected chi connectivity index (χ0v) is 14.9. The third kappa shape index (κ3) is 4.08. The largest absolute Gasteiger partial charge is 0.504 e. The van der Waals surface area contributed by atoms with Gasteiger partial charge in [0.05, 0.1) is 12.8 Å². The molecular weight excluding hydrogens is 346 g/mol. The molecule has 1 saturated heterocycles. The van der Waals surface area contributed by atoms with E-state index in [9.17, 15) is 14.7 Å². The van der Waals surface area contributed by atoms with E-state index in [1.165, 1.54) is 6.21 Å². The Hall–Kier alpha value is -3.35. The summed E-state index contributed by atoms with van der Waals surface area (Å²) in [6.07, 6.45) is 1.32. The van der Waals surface area contributed by atoms with Crippen molar-refractivity contribution in [2.24, 2.45) is 11.0 Å². The first kappa shape index (κ1) is 18.4. The second-order valence-electron chi connectivity index (χ2n) is 6.10. The first-order chi connectivity index (χ1) is 13.1. The Bertz CT molecular complexity index is 852. The number of amides is 2. The van der Waals surface area contributed by atoms with Gasteiger partial charge in [-0.15, -0.1) is 0 Å². The zero-order chi connectivity index (χ0) is 19.2. The summed E-state index contributed by atoms with van der Waals surface area (Å²) in [5.41, 5.74) is 3.72. The highest BCUT2D eigenvalue weighted by Gasteiger charge is 2.40. The van der Waals surface area contributed by atoms with Crippen LogP contribution in [0.5, 0.6) is 11.5 Å². The molecule has 3 N–H and O–H groups in total. The van der Waals surface area contributed by atoms with Crippen molar-refractivity contribution < 1.29 is 19.4 Å². The minimum Gasteiger partial charge on any atom is -0.504 e. The zero-order valence-electron chi connectivity index (χ0n) is 14.9. The van der Waals surface area contributed by atoms with Crippen LogP contribution in [0.15, 0.2) is 53.6 Å². The number of phenolic OH excluding ortho intramolecular Hbond substituents is 1. The van der Waals surface area contributed by atoms with Crippen LogP contribution in [-0.4, -0.2) is 36.3 Å². The molecule has 2 atom stereocenters. The predicted molar refractivity (Wildman–Crippen MR) is 101 cm³/mol. The van der Waals surface area contributed by atoms with Crippen LogP contribution >= 0.6 is 0 Å². The third-order valence-electron chi connectivity index (χ3n) is 4.40. The maximum Gasteiger partial charge on any atom is 0.253 e. The highest BCUT2D eigenvalue weighted by molar-refractivity contribution is 6.03. The second-order valence-corrected chi connectivity index (χ2v) is 6.10. The molecule has 0 aromatic heterocycles. The van der Waals surface area contributed by atoms with Crippen LogP contribution in [0.4, 0.5) is 0 Å². The van der Waals surface area contributed by atoms with Crippen molar-refractivity contribution in [2.75, 3.05) is 13.2 Å². The summed E-state index contributed by atoms with van der Waals surface area (Å²) in [5, 5.41) is 16.8. The molecular formula is C20H21N3O4. The van der Waals surface area contributed by atoms with Crippen molar-refractivity contribution in [3.8, 4) is 11.5 Å². The van der Waals surface area contributed by atoms with Gasteiger partial charge < -0.3 is 15.2 Å². The highest BCUT2D eigenvalue weighted by Crippen LogP contribution is 2.30. The Morgan fingerprint density at radius 2 is 2.07 bits per heavy atom. The number of carbonyl (C=O) groups excluding carboxylic acids is 2. The van der Waals surface area contributed by atoms with Gasteiger partial charge in [0.25, 0.3) is 5.91 Å². The van der Waals surface area contributed by atoms with Gasteiger partial charge in [-0.25, -0.2) is 5.43 Å². The average Bonchev–Trinajstić information content (AvgIpc) is 3.07. The van der Waals surface area contributed by atoms with E-state index in [0.29, 0.717) is 24.5 Å². The van der Waals surface area contributed by atoms with Crippen molar-refractivity contribution in [1.29, 1.82) is 0 Å². The molecule has 0 radical (unpaired) electrons. The SMILES string of the molecule is CCOc1cccc(C=NNC(=O)C2C(=O)NCC2c2ccccc2)c1O. The van der Waals surface area contributed by atoms with Gasteiger partial charge in [0.1, 0.15) is 5.92 Å². The predicted octanol–water partition coefficient (Wildman–Crippen LogP) is 1.77. The minimum atomic E-state index is -0.854. The second kappa shape index (κ2) is 8.35. The third-order valence-corrected chi connectivity index (χ3v) is 4.40. The average molecular weight is 367 g/mol. The molecule has 1 heterocycles. The number of hydrogen-bond donors (Lipinski definition) is 3. The smallest absolute Gasteiger partial charge is 0.253 e. The van der Waals surface area contributed by atoms with Crippen LogP contribution in [0.3, 0.4) is 0 Å². The molecule has 7 heteroatoms. The Labute approximate surface area is 157 Å². The maximum absolute atomic E-state index is 12.5. The summed E-state index contributed by atoms with van der Waals surface area (Å²) in [7, 11) is 0. The Morgan fingerprint density at radius 1 is 1.30 bits per heavy atom. The summed E-state index contributed by atoms with van der Waals surface area (Å²) in [6, 6.07) is 14.4. The summed E-state index contributed by atoms with van der Waals surface area (Å²) in [5.74, 6) is -1.63. The van der Waals surface area contributed by atoms with E-state index < -0.39 is 11.8 Å².